The van der Waals surface area contributed by atoms with Crippen molar-refractivity contribution >= 4 is 17.9 Å². The molecule has 20 heavy (non-hydrogen) atoms. The van der Waals surface area contributed by atoms with Gasteiger partial charge in [0.15, 0.2) is 5.70 Å². The van der Waals surface area contributed by atoms with Gasteiger partial charge in [0.2, 0.25) is 5.90 Å². The summed E-state index contributed by atoms with van der Waals surface area (Å²) >= 11 is 0. The Kier molecular flexibility index (Phi) is 3.13. The molecule has 0 saturated heterocycles. The van der Waals surface area contributed by atoms with Crippen LogP contribution in [-0.2, 0) is 9.53 Å². The van der Waals surface area contributed by atoms with Crippen LogP contribution in [0.25, 0.3) is 6.08 Å². The number of nitrogens with zero attached hydrogens (tertiary/aromatic N) is 1. The third kappa shape index (κ3) is 2.49. The van der Waals surface area contributed by atoms with Crippen molar-refractivity contribution in [3.8, 4) is 0 Å². The molecule has 0 amide bonds. The van der Waals surface area contributed by atoms with Gasteiger partial charge in [0.05, 0.1) is 0 Å². The monoisotopic (exact) mass is 267 g/mol. The Morgan fingerprint density at radius 1 is 1.00 bits per heavy atom. The number of carbonyl (C=O) groups is 1. The number of hydrogen-bond acceptors (Lipinski definition) is 3. The number of esters is 1. The molecule has 0 fully saturated rings. The molecule has 0 saturated carbocycles. The van der Waals surface area contributed by atoms with Gasteiger partial charge in [0, 0.05) is 5.56 Å². The number of halogens is 1. The Morgan fingerprint density at radius 3 is 2.40 bits per heavy atom. The van der Waals surface area contributed by atoms with Gasteiger partial charge >= 0.3 is 5.97 Å². The number of benzene rings is 2. The molecule has 98 valence electrons. The molecule has 2 aromatic carbocycles. The molecule has 1 heterocycles. The lowest BCUT2D eigenvalue weighted by Gasteiger charge is -1.98. The Morgan fingerprint density at radius 2 is 1.70 bits per heavy atom. The quantitative estimate of drug-likeness (QED) is 0.619. The molecule has 0 unspecified atom stereocenters. The van der Waals surface area contributed by atoms with E-state index in [0.29, 0.717) is 5.56 Å². The number of hydrogen-bond donors (Lipinski definition) is 0. The summed E-state index contributed by atoms with van der Waals surface area (Å²) in [7, 11) is 0. The lowest BCUT2D eigenvalue weighted by Crippen LogP contribution is -2.05. The van der Waals surface area contributed by atoms with Crippen LogP contribution < -0.4 is 0 Å². The molecule has 0 radical (unpaired) electrons. The first-order valence-corrected chi connectivity index (χ1v) is 6.06. The summed E-state index contributed by atoms with van der Waals surface area (Å²) in [5, 5.41) is 0. The highest BCUT2D eigenvalue weighted by Crippen LogP contribution is 2.19. The summed E-state index contributed by atoms with van der Waals surface area (Å²) in [6.07, 6.45) is 1.65. The Hall–Kier alpha value is -2.75. The second-order valence-corrected chi connectivity index (χ2v) is 4.25. The summed E-state index contributed by atoms with van der Waals surface area (Å²) in [6, 6.07) is 15.0. The number of carbonyl (C=O) groups excluding carboxylic acids is 1. The maximum absolute atomic E-state index is 12.9. The minimum absolute atomic E-state index is 0.192. The van der Waals surface area contributed by atoms with Crippen molar-refractivity contribution in [3.63, 3.8) is 0 Å². The minimum atomic E-state index is -0.506. The maximum Gasteiger partial charge on any atom is 0.363 e. The van der Waals surface area contributed by atoms with Gasteiger partial charge in [-0.15, -0.1) is 0 Å². The zero-order chi connectivity index (χ0) is 13.9. The lowest BCUT2D eigenvalue weighted by molar-refractivity contribution is -0.129. The number of cyclic esters (lactones) is 1. The molecule has 0 aliphatic carbocycles. The Bertz CT molecular complexity index is 703. The van der Waals surface area contributed by atoms with Crippen LogP contribution in [0, 0.1) is 5.82 Å². The SMILES string of the molecule is O=C1OC(c2ccc(F)cc2)=NC1=Cc1ccccc1. The highest BCUT2D eigenvalue weighted by atomic mass is 19.1. The van der Waals surface area contributed by atoms with E-state index in [4.69, 9.17) is 4.74 Å². The largest absolute Gasteiger partial charge is 0.402 e. The van der Waals surface area contributed by atoms with Gasteiger partial charge in [-0.2, -0.15) is 0 Å². The van der Waals surface area contributed by atoms with E-state index >= 15 is 0 Å². The zero-order valence-electron chi connectivity index (χ0n) is 10.4. The molecule has 0 spiro atoms. The predicted molar refractivity (Wildman–Crippen MR) is 73.4 cm³/mol. The van der Waals surface area contributed by atoms with E-state index in [1.54, 1.807) is 6.08 Å². The highest BCUT2D eigenvalue weighted by molar-refractivity contribution is 6.12. The molecule has 2 aromatic rings. The first kappa shape index (κ1) is 12.3. The number of rotatable bonds is 2. The standard InChI is InChI=1S/C16H10FNO2/c17-13-8-6-12(7-9-13)15-18-14(16(19)20-15)10-11-4-2-1-3-5-11/h1-10H. The minimum Gasteiger partial charge on any atom is -0.402 e. The fourth-order valence-electron chi connectivity index (χ4n) is 1.83. The van der Waals surface area contributed by atoms with Gasteiger partial charge in [-0.1, -0.05) is 30.3 Å². The molecule has 1 aliphatic heterocycles. The van der Waals surface area contributed by atoms with Crippen molar-refractivity contribution in [2.75, 3.05) is 0 Å². The lowest BCUT2D eigenvalue weighted by atomic mass is 10.2. The van der Waals surface area contributed by atoms with Crippen molar-refractivity contribution in [1.82, 2.24) is 0 Å². The van der Waals surface area contributed by atoms with E-state index in [1.165, 1.54) is 24.3 Å². The Balaban J connectivity index is 1.93. The molecule has 4 heteroatoms. The number of ether oxygens (including phenoxy) is 1. The third-order valence-electron chi connectivity index (χ3n) is 2.81. The predicted octanol–water partition coefficient (Wildman–Crippen LogP) is 3.17. The highest BCUT2D eigenvalue weighted by Gasteiger charge is 2.23. The average Bonchev–Trinajstić information content (AvgIpc) is 2.82. The van der Waals surface area contributed by atoms with Crippen molar-refractivity contribution in [1.29, 1.82) is 0 Å². The molecular formula is C16H10FNO2. The molecule has 0 atom stereocenters. The van der Waals surface area contributed by atoms with Gasteiger partial charge in [-0.25, -0.2) is 14.2 Å². The molecule has 0 N–H and O–H groups in total. The average molecular weight is 267 g/mol. The summed E-state index contributed by atoms with van der Waals surface area (Å²) in [5.41, 5.74) is 1.66. The fraction of sp³-hybridized carbons (Fsp3) is 0. The molecule has 0 aromatic heterocycles. The maximum atomic E-state index is 12.9. The van der Waals surface area contributed by atoms with Crippen LogP contribution in [-0.4, -0.2) is 11.9 Å². The van der Waals surface area contributed by atoms with Crippen LogP contribution in [0.1, 0.15) is 11.1 Å². The molecule has 0 bridgehead atoms. The van der Waals surface area contributed by atoms with Gasteiger partial charge in [-0.05, 0) is 35.9 Å². The van der Waals surface area contributed by atoms with Crippen LogP contribution in [0.15, 0.2) is 65.3 Å². The van der Waals surface area contributed by atoms with Crippen LogP contribution in [0.3, 0.4) is 0 Å². The summed E-state index contributed by atoms with van der Waals surface area (Å²) in [6.45, 7) is 0. The second-order valence-electron chi connectivity index (χ2n) is 4.25. The van der Waals surface area contributed by atoms with Crippen LogP contribution in [0.4, 0.5) is 4.39 Å². The van der Waals surface area contributed by atoms with E-state index < -0.39 is 5.97 Å². The van der Waals surface area contributed by atoms with Gasteiger partial charge in [-0.3, -0.25) is 0 Å². The van der Waals surface area contributed by atoms with Crippen molar-refractivity contribution in [2.45, 2.75) is 0 Å². The van der Waals surface area contributed by atoms with Gasteiger partial charge < -0.3 is 4.74 Å². The van der Waals surface area contributed by atoms with Crippen LogP contribution in [0.5, 0.6) is 0 Å². The summed E-state index contributed by atoms with van der Waals surface area (Å²) < 4.78 is 17.9. The van der Waals surface area contributed by atoms with Crippen molar-refractivity contribution in [2.24, 2.45) is 4.99 Å². The Labute approximate surface area is 115 Å². The normalized spacial score (nSPS) is 16.1. The van der Waals surface area contributed by atoms with Gasteiger partial charge in [0.25, 0.3) is 0 Å². The number of aliphatic imine (C=N–C) groups is 1. The summed E-state index contributed by atoms with van der Waals surface area (Å²) in [4.78, 5) is 15.9. The third-order valence-corrected chi connectivity index (χ3v) is 2.81. The first-order chi connectivity index (χ1) is 9.72. The molecule has 1 aliphatic rings. The van der Waals surface area contributed by atoms with E-state index in [2.05, 4.69) is 4.99 Å². The van der Waals surface area contributed by atoms with E-state index in [-0.39, 0.29) is 17.4 Å². The van der Waals surface area contributed by atoms with Crippen LogP contribution in [0.2, 0.25) is 0 Å². The van der Waals surface area contributed by atoms with Crippen LogP contribution >= 0.6 is 0 Å². The zero-order valence-corrected chi connectivity index (χ0v) is 10.4. The topological polar surface area (TPSA) is 38.7 Å². The summed E-state index contributed by atoms with van der Waals surface area (Å²) in [5.74, 6) is -0.663. The van der Waals surface area contributed by atoms with E-state index in [9.17, 15) is 9.18 Å². The van der Waals surface area contributed by atoms with Crippen molar-refractivity contribution in [3.05, 3.63) is 77.2 Å². The first-order valence-electron chi connectivity index (χ1n) is 6.06. The smallest absolute Gasteiger partial charge is 0.363 e. The van der Waals surface area contributed by atoms with Gasteiger partial charge in [0.1, 0.15) is 5.82 Å². The fourth-order valence-corrected chi connectivity index (χ4v) is 1.83. The van der Waals surface area contributed by atoms with Crippen molar-refractivity contribution < 1.29 is 13.9 Å². The van der Waals surface area contributed by atoms with E-state index in [1.807, 2.05) is 30.3 Å². The van der Waals surface area contributed by atoms with E-state index in [0.717, 1.165) is 5.56 Å². The molecular weight excluding hydrogens is 257 g/mol. The molecule has 3 rings (SSSR count). The molecule has 3 nitrogen and oxygen atoms in total. The second kappa shape index (κ2) is 5.09.